The highest BCUT2D eigenvalue weighted by Gasteiger charge is 2.26. The van der Waals surface area contributed by atoms with Gasteiger partial charge in [0, 0.05) is 52.2 Å². The van der Waals surface area contributed by atoms with E-state index in [-0.39, 0.29) is 5.91 Å². The molecule has 0 aromatic heterocycles. The first-order valence-electron chi connectivity index (χ1n) is 6.47. The molecule has 16 heavy (non-hydrogen) atoms. The minimum atomic E-state index is 0.253. The van der Waals surface area contributed by atoms with Crippen molar-refractivity contribution in [2.24, 2.45) is 0 Å². The standard InChI is InChI=1S/C12H23N3O/c1-11(16)15-7-2-3-12(15)4-8-14-9-5-13-6-10-14/h12-13H,2-10H2,1H3. The quantitative estimate of drug-likeness (QED) is 0.750. The van der Waals surface area contributed by atoms with Gasteiger partial charge in [0.2, 0.25) is 5.91 Å². The van der Waals surface area contributed by atoms with Gasteiger partial charge in [0.25, 0.3) is 0 Å². The lowest BCUT2D eigenvalue weighted by atomic mass is 10.1. The van der Waals surface area contributed by atoms with Gasteiger partial charge in [-0.3, -0.25) is 4.79 Å². The molecule has 4 heteroatoms. The number of piperazine rings is 1. The number of rotatable bonds is 3. The van der Waals surface area contributed by atoms with E-state index in [0.29, 0.717) is 6.04 Å². The summed E-state index contributed by atoms with van der Waals surface area (Å²) in [5.74, 6) is 0.253. The summed E-state index contributed by atoms with van der Waals surface area (Å²) >= 11 is 0. The monoisotopic (exact) mass is 225 g/mol. The maximum absolute atomic E-state index is 11.4. The van der Waals surface area contributed by atoms with Crippen LogP contribution in [0.15, 0.2) is 0 Å². The number of carbonyl (C=O) groups is 1. The van der Waals surface area contributed by atoms with Crippen molar-refractivity contribution < 1.29 is 4.79 Å². The van der Waals surface area contributed by atoms with Crippen LogP contribution in [0.4, 0.5) is 0 Å². The van der Waals surface area contributed by atoms with E-state index in [1.807, 2.05) is 0 Å². The molecule has 0 aromatic carbocycles. The first-order valence-corrected chi connectivity index (χ1v) is 6.47. The third kappa shape index (κ3) is 2.95. The topological polar surface area (TPSA) is 35.6 Å². The zero-order chi connectivity index (χ0) is 11.4. The minimum absolute atomic E-state index is 0.253. The maximum atomic E-state index is 11.4. The highest BCUT2D eigenvalue weighted by molar-refractivity contribution is 5.73. The molecule has 2 fully saturated rings. The lowest BCUT2D eigenvalue weighted by Gasteiger charge is -2.30. The minimum Gasteiger partial charge on any atom is -0.340 e. The van der Waals surface area contributed by atoms with Gasteiger partial charge in [-0.05, 0) is 19.3 Å². The van der Waals surface area contributed by atoms with E-state index < -0.39 is 0 Å². The van der Waals surface area contributed by atoms with E-state index in [4.69, 9.17) is 0 Å². The number of nitrogens with one attached hydrogen (secondary N) is 1. The van der Waals surface area contributed by atoms with Gasteiger partial charge in [-0.2, -0.15) is 0 Å². The van der Waals surface area contributed by atoms with Crippen molar-refractivity contribution in [3.63, 3.8) is 0 Å². The lowest BCUT2D eigenvalue weighted by molar-refractivity contribution is -0.129. The van der Waals surface area contributed by atoms with Crippen LogP contribution in [0.5, 0.6) is 0 Å². The Kier molecular flexibility index (Phi) is 4.18. The summed E-state index contributed by atoms with van der Waals surface area (Å²) in [4.78, 5) is 16.0. The molecule has 4 nitrogen and oxygen atoms in total. The molecule has 2 rings (SSSR count). The van der Waals surface area contributed by atoms with Crippen LogP contribution in [0.25, 0.3) is 0 Å². The predicted octanol–water partition coefficient (Wildman–Crippen LogP) is 0.293. The van der Waals surface area contributed by atoms with Crippen LogP contribution >= 0.6 is 0 Å². The van der Waals surface area contributed by atoms with Gasteiger partial charge < -0.3 is 15.1 Å². The molecule has 0 saturated carbocycles. The number of hydrogen-bond acceptors (Lipinski definition) is 3. The summed E-state index contributed by atoms with van der Waals surface area (Å²) in [5, 5.41) is 3.36. The van der Waals surface area contributed by atoms with E-state index >= 15 is 0 Å². The van der Waals surface area contributed by atoms with Crippen LogP contribution < -0.4 is 5.32 Å². The highest BCUT2D eigenvalue weighted by atomic mass is 16.2. The molecule has 0 aliphatic carbocycles. The van der Waals surface area contributed by atoms with Gasteiger partial charge in [0.15, 0.2) is 0 Å². The summed E-state index contributed by atoms with van der Waals surface area (Å²) in [6.07, 6.45) is 3.54. The molecule has 2 aliphatic rings. The molecule has 2 aliphatic heterocycles. The Balaban J connectivity index is 1.73. The molecule has 2 saturated heterocycles. The SMILES string of the molecule is CC(=O)N1CCCC1CCN1CCNCC1. The Hall–Kier alpha value is -0.610. The van der Waals surface area contributed by atoms with Crippen LogP contribution in [0.1, 0.15) is 26.2 Å². The van der Waals surface area contributed by atoms with Gasteiger partial charge in [0.1, 0.15) is 0 Å². The number of carbonyl (C=O) groups excluding carboxylic acids is 1. The molecule has 0 radical (unpaired) electrons. The van der Waals surface area contributed by atoms with Crippen molar-refractivity contribution in [1.29, 1.82) is 0 Å². The Morgan fingerprint density at radius 2 is 2.06 bits per heavy atom. The average molecular weight is 225 g/mol. The summed E-state index contributed by atoms with van der Waals surface area (Å²) in [5.41, 5.74) is 0. The van der Waals surface area contributed by atoms with Gasteiger partial charge in [0.05, 0.1) is 0 Å². The fraction of sp³-hybridized carbons (Fsp3) is 0.917. The smallest absolute Gasteiger partial charge is 0.219 e. The Bertz CT molecular complexity index is 238. The van der Waals surface area contributed by atoms with Crippen molar-refractivity contribution in [2.45, 2.75) is 32.2 Å². The third-order valence-corrected chi connectivity index (χ3v) is 3.77. The Morgan fingerprint density at radius 1 is 1.31 bits per heavy atom. The average Bonchev–Trinajstić information content (AvgIpc) is 2.76. The summed E-state index contributed by atoms with van der Waals surface area (Å²) in [7, 11) is 0. The van der Waals surface area contributed by atoms with E-state index in [1.165, 1.54) is 12.8 Å². The van der Waals surface area contributed by atoms with E-state index in [9.17, 15) is 4.79 Å². The number of likely N-dealkylation sites (tertiary alicyclic amines) is 1. The molecule has 0 spiro atoms. The van der Waals surface area contributed by atoms with Crippen LogP contribution in [0, 0.1) is 0 Å². The van der Waals surface area contributed by atoms with Gasteiger partial charge in [-0.15, -0.1) is 0 Å². The second kappa shape index (κ2) is 5.64. The van der Waals surface area contributed by atoms with Gasteiger partial charge in [-0.1, -0.05) is 0 Å². The molecular formula is C12H23N3O. The summed E-state index contributed by atoms with van der Waals surface area (Å²) in [6, 6.07) is 0.507. The molecular weight excluding hydrogens is 202 g/mol. The number of amides is 1. The molecule has 0 bridgehead atoms. The van der Waals surface area contributed by atoms with Crippen LogP contribution in [0.3, 0.4) is 0 Å². The molecule has 0 aromatic rings. The molecule has 92 valence electrons. The second-order valence-corrected chi connectivity index (χ2v) is 4.89. The zero-order valence-electron chi connectivity index (χ0n) is 10.2. The Labute approximate surface area is 98.0 Å². The highest BCUT2D eigenvalue weighted by Crippen LogP contribution is 2.20. The largest absolute Gasteiger partial charge is 0.340 e. The third-order valence-electron chi connectivity index (χ3n) is 3.77. The van der Waals surface area contributed by atoms with Crippen LogP contribution in [-0.4, -0.2) is 61.0 Å². The zero-order valence-corrected chi connectivity index (χ0v) is 10.2. The van der Waals surface area contributed by atoms with Gasteiger partial charge in [-0.25, -0.2) is 0 Å². The lowest BCUT2D eigenvalue weighted by Crippen LogP contribution is -2.45. The molecule has 1 unspecified atom stereocenters. The van der Waals surface area contributed by atoms with Crippen molar-refractivity contribution in [2.75, 3.05) is 39.3 Å². The van der Waals surface area contributed by atoms with Crippen molar-refractivity contribution >= 4 is 5.91 Å². The number of hydrogen-bond donors (Lipinski definition) is 1. The molecule has 1 amide bonds. The van der Waals surface area contributed by atoms with Gasteiger partial charge >= 0.3 is 0 Å². The fourth-order valence-corrected chi connectivity index (χ4v) is 2.82. The molecule has 2 heterocycles. The summed E-state index contributed by atoms with van der Waals surface area (Å²) in [6.45, 7) is 8.36. The molecule has 1 atom stereocenters. The van der Waals surface area contributed by atoms with Crippen LogP contribution in [0.2, 0.25) is 0 Å². The number of nitrogens with zero attached hydrogens (tertiary/aromatic N) is 2. The second-order valence-electron chi connectivity index (χ2n) is 4.89. The van der Waals surface area contributed by atoms with Crippen molar-refractivity contribution in [3.8, 4) is 0 Å². The maximum Gasteiger partial charge on any atom is 0.219 e. The van der Waals surface area contributed by atoms with Crippen LogP contribution in [-0.2, 0) is 4.79 Å². The normalized spacial score (nSPS) is 27.3. The Morgan fingerprint density at radius 3 is 2.75 bits per heavy atom. The predicted molar refractivity (Wildman–Crippen MR) is 64.3 cm³/mol. The van der Waals surface area contributed by atoms with E-state index in [1.54, 1.807) is 6.92 Å². The first-order chi connectivity index (χ1) is 7.77. The molecule has 1 N–H and O–H groups in total. The van der Waals surface area contributed by atoms with Crippen molar-refractivity contribution in [3.05, 3.63) is 0 Å². The summed E-state index contributed by atoms with van der Waals surface area (Å²) < 4.78 is 0. The van der Waals surface area contributed by atoms with E-state index in [0.717, 1.165) is 45.7 Å². The fourth-order valence-electron chi connectivity index (χ4n) is 2.82. The van der Waals surface area contributed by atoms with Crippen molar-refractivity contribution in [1.82, 2.24) is 15.1 Å². The first kappa shape index (κ1) is 11.9. The van der Waals surface area contributed by atoms with E-state index in [2.05, 4.69) is 15.1 Å².